The maximum atomic E-state index is 10.1. The second kappa shape index (κ2) is 5.54. The van der Waals surface area contributed by atoms with Gasteiger partial charge >= 0.3 is 0 Å². The number of fused-ring (bicyclic) bond motifs is 2. The Morgan fingerprint density at radius 1 is 1.38 bits per heavy atom. The van der Waals surface area contributed by atoms with E-state index in [9.17, 15) is 10.5 Å². The summed E-state index contributed by atoms with van der Waals surface area (Å²) in [7, 11) is 1.56. The van der Waals surface area contributed by atoms with Crippen LogP contribution in [0.3, 0.4) is 0 Å². The number of hydrogen-bond donors (Lipinski definition) is 2. The molecule has 1 aliphatic carbocycles. The Morgan fingerprint density at radius 2 is 2.19 bits per heavy atom. The van der Waals surface area contributed by atoms with Gasteiger partial charge < -0.3 is 14.2 Å². The molecule has 0 aromatic heterocycles. The number of rotatable bonds is 4. The molecule has 4 rings (SSSR count). The Kier molecular flexibility index (Phi) is 3.62. The third-order valence-corrected chi connectivity index (χ3v) is 6.83. The van der Waals surface area contributed by atoms with Gasteiger partial charge in [0.1, 0.15) is 0 Å². The van der Waals surface area contributed by atoms with Gasteiger partial charge in [0.05, 0.1) is 32.5 Å². The van der Waals surface area contributed by atoms with Crippen molar-refractivity contribution < 1.29 is 19.2 Å². The van der Waals surface area contributed by atoms with Gasteiger partial charge in [-0.1, -0.05) is 17.8 Å². The standard InChI is InChI=1S/C18H18N4O3S/c1-3-24-12-5-4-11(8-13(12)23-2)14-16(9-19)15(21)22-18(17(14,16)10-20)25-6-7-26-18/h4-5,8,14H,3,6-7H2,1-2H3,(H2,21,22)/p+1/t14-,16+,17+,18+/m0/s1. The second-order valence-electron chi connectivity index (χ2n) is 6.47. The molecule has 2 fully saturated rings. The molecule has 3 aliphatic rings. The predicted octanol–water partition coefficient (Wildman–Crippen LogP) is 0.0797. The van der Waals surface area contributed by atoms with Crippen LogP contribution < -0.4 is 20.2 Å². The highest BCUT2D eigenvalue weighted by atomic mass is 32.2. The predicted molar refractivity (Wildman–Crippen MR) is 94.3 cm³/mol. The molecular weight excluding hydrogens is 352 g/mol. The average Bonchev–Trinajstić information content (AvgIpc) is 2.90. The molecule has 1 spiro atoms. The number of amidine groups is 1. The van der Waals surface area contributed by atoms with Crippen molar-refractivity contribution in [2.75, 3.05) is 26.1 Å². The van der Waals surface area contributed by atoms with Crippen molar-refractivity contribution in [3.63, 3.8) is 0 Å². The maximum Gasteiger partial charge on any atom is 0.277 e. The first-order valence-electron chi connectivity index (χ1n) is 8.39. The highest BCUT2D eigenvalue weighted by molar-refractivity contribution is 8.00. The highest BCUT2D eigenvalue weighted by Gasteiger charge is 2.96. The first-order chi connectivity index (χ1) is 12.6. The van der Waals surface area contributed by atoms with Crippen molar-refractivity contribution >= 4 is 17.6 Å². The molecule has 1 saturated carbocycles. The Bertz CT molecular complexity index is 883. The van der Waals surface area contributed by atoms with Crippen LogP contribution in [0.5, 0.6) is 11.5 Å². The van der Waals surface area contributed by atoms with Gasteiger partial charge in [0, 0.05) is 11.7 Å². The summed E-state index contributed by atoms with van der Waals surface area (Å²) in [5.74, 6) is 1.83. The summed E-state index contributed by atoms with van der Waals surface area (Å²) in [6.07, 6.45) is 0. The van der Waals surface area contributed by atoms with Gasteiger partial charge in [-0.15, -0.1) is 0 Å². The molecule has 4 atom stereocenters. The van der Waals surface area contributed by atoms with Crippen molar-refractivity contribution in [3.8, 4) is 23.6 Å². The van der Waals surface area contributed by atoms with Gasteiger partial charge in [-0.25, -0.2) is 4.99 Å². The third-order valence-electron chi connectivity index (χ3n) is 5.52. The third kappa shape index (κ3) is 1.69. The fourth-order valence-corrected chi connectivity index (χ4v) is 5.81. The maximum absolute atomic E-state index is 10.1. The van der Waals surface area contributed by atoms with Crippen LogP contribution >= 0.6 is 11.8 Å². The smallest absolute Gasteiger partial charge is 0.277 e. The van der Waals surface area contributed by atoms with Crippen LogP contribution in [0.4, 0.5) is 0 Å². The highest BCUT2D eigenvalue weighted by Crippen LogP contribution is 2.80. The number of thioether (sulfide) groups is 1. The number of hydrogen-bond acceptors (Lipinski definition) is 7. The normalized spacial score (nSPS) is 36.8. The van der Waals surface area contributed by atoms with Crippen molar-refractivity contribution in [1.29, 1.82) is 10.5 Å². The number of benzene rings is 1. The summed E-state index contributed by atoms with van der Waals surface area (Å²) < 4.78 is 16.9. The van der Waals surface area contributed by atoms with Crippen LogP contribution in [0, 0.1) is 33.5 Å². The van der Waals surface area contributed by atoms with Gasteiger partial charge in [-0.2, -0.15) is 10.5 Å². The lowest BCUT2D eigenvalue weighted by Crippen LogP contribution is -2.88. The van der Waals surface area contributed by atoms with Gasteiger partial charge in [-0.3, -0.25) is 5.73 Å². The fraction of sp³-hybridized carbons (Fsp3) is 0.500. The minimum absolute atomic E-state index is 0.300. The number of nitrogens with one attached hydrogen (secondary N) is 1. The number of nitrogens with two attached hydrogens (primary N) is 1. The van der Waals surface area contributed by atoms with Crippen molar-refractivity contribution in [1.82, 2.24) is 0 Å². The second-order valence-corrected chi connectivity index (χ2v) is 7.74. The molecule has 2 aliphatic heterocycles. The van der Waals surface area contributed by atoms with Crippen LogP contribution in [0.25, 0.3) is 0 Å². The topological polar surface area (TPSA) is 115 Å². The minimum Gasteiger partial charge on any atom is -0.493 e. The summed E-state index contributed by atoms with van der Waals surface area (Å²) in [5.41, 5.74) is 4.84. The molecule has 2 heterocycles. The molecule has 0 radical (unpaired) electrons. The van der Waals surface area contributed by atoms with Gasteiger partial charge in [0.2, 0.25) is 0 Å². The van der Waals surface area contributed by atoms with Crippen LogP contribution in [-0.2, 0) is 4.74 Å². The molecular formula is C18H19N4O3S+. The quantitative estimate of drug-likeness (QED) is 0.770. The van der Waals surface area contributed by atoms with Gasteiger partial charge in [-0.05, 0) is 24.6 Å². The first kappa shape index (κ1) is 17.0. The van der Waals surface area contributed by atoms with E-state index in [0.29, 0.717) is 30.5 Å². The van der Waals surface area contributed by atoms with E-state index in [2.05, 4.69) is 17.1 Å². The molecule has 0 unspecified atom stereocenters. The van der Waals surface area contributed by atoms with E-state index in [0.717, 1.165) is 11.3 Å². The number of nitriles is 2. The van der Waals surface area contributed by atoms with E-state index < -0.39 is 21.8 Å². The SMILES string of the molecule is CCOc1ccc([C@@H]2[C@@]3(C#N)[C@@]4([NH+]=C(N)[C@@]23C#N)OCCS4)cc1OC. The fourth-order valence-electron chi connectivity index (χ4n) is 4.46. The van der Waals surface area contributed by atoms with E-state index in [4.69, 9.17) is 19.9 Å². The monoisotopic (exact) mass is 371 g/mol. The Morgan fingerprint density at radius 3 is 2.77 bits per heavy atom. The van der Waals surface area contributed by atoms with Crippen molar-refractivity contribution in [3.05, 3.63) is 23.8 Å². The molecule has 134 valence electrons. The van der Waals surface area contributed by atoms with E-state index in [1.807, 2.05) is 19.1 Å². The zero-order valence-electron chi connectivity index (χ0n) is 14.5. The lowest BCUT2D eigenvalue weighted by Gasteiger charge is -2.23. The van der Waals surface area contributed by atoms with E-state index in [1.54, 1.807) is 13.2 Å². The summed E-state index contributed by atoms with van der Waals surface area (Å²) in [5, 5.41) is 19.2. The minimum atomic E-state index is -1.13. The Balaban J connectivity index is 1.85. The molecule has 0 amide bonds. The number of nitrogens with zero attached hydrogens (tertiary/aromatic N) is 2. The van der Waals surface area contributed by atoms with Crippen molar-refractivity contribution in [2.24, 2.45) is 16.6 Å². The van der Waals surface area contributed by atoms with Gasteiger partial charge in [0.15, 0.2) is 22.3 Å². The van der Waals surface area contributed by atoms with E-state index in [-0.39, 0.29) is 0 Å². The molecule has 1 aromatic carbocycles. The van der Waals surface area contributed by atoms with E-state index >= 15 is 0 Å². The van der Waals surface area contributed by atoms with Crippen LogP contribution in [0.2, 0.25) is 0 Å². The van der Waals surface area contributed by atoms with Crippen LogP contribution in [0.15, 0.2) is 18.2 Å². The zero-order valence-corrected chi connectivity index (χ0v) is 15.4. The summed E-state index contributed by atoms with van der Waals surface area (Å²) in [6.45, 7) is 2.92. The summed E-state index contributed by atoms with van der Waals surface area (Å²) in [4.78, 5) is 3.11. The first-order valence-corrected chi connectivity index (χ1v) is 9.37. The van der Waals surface area contributed by atoms with Gasteiger partial charge in [0.25, 0.3) is 10.9 Å². The molecule has 26 heavy (non-hydrogen) atoms. The lowest BCUT2D eigenvalue weighted by atomic mass is 9.95. The van der Waals surface area contributed by atoms with Crippen LogP contribution in [-0.4, -0.2) is 37.0 Å². The molecule has 7 nitrogen and oxygen atoms in total. The lowest BCUT2D eigenvalue weighted by molar-refractivity contribution is -0.583. The summed E-state index contributed by atoms with van der Waals surface area (Å²) >= 11 is 1.50. The molecule has 0 bridgehead atoms. The van der Waals surface area contributed by atoms with E-state index in [1.165, 1.54) is 11.8 Å². The molecule has 3 N–H and O–H groups in total. The molecule has 8 heteroatoms. The number of ether oxygens (including phenoxy) is 3. The Labute approximate surface area is 155 Å². The zero-order chi connectivity index (χ0) is 18.6. The summed E-state index contributed by atoms with van der Waals surface area (Å²) in [6, 6.07) is 10.2. The largest absolute Gasteiger partial charge is 0.493 e. The van der Waals surface area contributed by atoms with Crippen LogP contribution in [0.1, 0.15) is 18.4 Å². The average molecular weight is 371 g/mol. The molecule has 1 saturated heterocycles. The Hall–Kier alpha value is -2.42. The van der Waals surface area contributed by atoms with Crippen molar-refractivity contribution in [2.45, 2.75) is 17.9 Å². The number of methoxy groups -OCH3 is 1. The molecule has 1 aromatic rings.